The number of aliphatic carboxylic acids is 1. The number of fused-ring (bicyclic) bond motifs is 1. The van der Waals surface area contributed by atoms with Crippen molar-refractivity contribution in [3.05, 3.63) is 72.5 Å². The zero-order chi connectivity index (χ0) is 45.6. The molecule has 6 unspecified atom stereocenters. The number of carboxylic acids is 1. The van der Waals surface area contributed by atoms with Gasteiger partial charge in [-0.25, -0.2) is 14.8 Å². The molecule has 1 saturated heterocycles. The Hall–Kier alpha value is -7.10. The van der Waals surface area contributed by atoms with E-state index in [1.165, 1.54) is 29.9 Å². The summed E-state index contributed by atoms with van der Waals surface area (Å²) in [5.74, 6) is -6.12. The van der Waals surface area contributed by atoms with Crippen molar-refractivity contribution in [3.63, 3.8) is 0 Å². The highest BCUT2D eigenvalue weighted by Gasteiger charge is 2.37. The third-order valence-corrected chi connectivity index (χ3v) is 10.6. The van der Waals surface area contributed by atoms with E-state index in [2.05, 4.69) is 51.5 Å². The number of nitrogens with zero attached hydrogens (tertiary/aromatic N) is 3. The number of benzene rings is 1. The lowest BCUT2D eigenvalue weighted by Crippen LogP contribution is -2.58. The zero-order valence-corrected chi connectivity index (χ0v) is 35.0. The van der Waals surface area contributed by atoms with Crippen LogP contribution in [0, 0.1) is 5.92 Å². The number of carboxylic acid groups (broad SMARTS) is 1. The first-order valence-electron chi connectivity index (χ1n) is 20.6. The van der Waals surface area contributed by atoms with Gasteiger partial charge >= 0.3 is 5.97 Å². The minimum atomic E-state index is -1.30. The van der Waals surface area contributed by atoms with Crippen molar-refractivity contribution in [3.8, 4) is 0 Å². The van der Waals surface area contributed by atoms with E-state index < -0.39 is 90.1 Å². The number of aromatic amines is 3. The van der Waals surface area contributed by atoms with Crippen molar-refractivity contribution in [1.29, 1.82) is 0 Å². The molecular formula is C41H55N13O9. The molecule has 0 bridgehead atoms. The molecule has 338 valence electrons. The number of aromatic nitrogens is 5. The third kappa shape index (κ3) is 13.4. The molecule has 7 amide bonds. The predicted molar refractivity (Wildman–Crippen MR) is 226 cm³/mol. The van der Waals surface area contributed by atoms with Gasteiger partial charge in [0.15, 0.2) is 0 Å². The van der Waals surface area contributed by atoms with Crippen LogP contribution in [0.1, 0.15) is 62.9 Å². The molecule has 63 heavy (non-hydrogen) atoms. The van der Waals surface area contributed by atoms with Gasteiger partial charge in [0.1, 0.15) is 30.2 Å². The van der Waals surface area contributed by atoms with Crippen molar-refractivity contribution in [1.82, 2.24) is 56.4 Å². The molecule has 6 atom stereocenters. The Morgan fingerprint density at radius 3 is 2.06 bits per heavy atom. The standard InChI is InChI=1S/C41H55N13O9/c1-22(2)12-29(38(59)53-32(41(62)63)15-25-18-45-21-49-25)52-40(61)33-8-5-11-54(33)35(56)19-47-37(58)31(14-24-17-44-20-48-24)51-39(60)30(50-36(57)27(42)9-10-34(43)55)13-23-16-46-28-7-4-3-6-26(23)28/h3-4,6-7,16-18,20-22,27,29-33,46H,5,8-15,19,42H2,1-2H3,(H2,43,55)(H,44,48)(H,45,49)(H,47,58)(H,50,57)(H,51,60)(H,52,61)(H,53,59)(H,62,63). The molecule has 1 fully saturated rings. The summed E-state index contributed by atoms with van der Waals surface area (Å²) < 4.78 is 0. The number of carbonyl (C=O) groups is 8. The number of hydrogen-bond acceptors (Lipinski definition) is 11. The maximum Gasteiger partial charge on any atom is 0.326 e. The van der Waals surface area contributed by atoms with Crippen LogP contribution in [-0.2, 0) is 57.6 Å². The van der Waals surface area contributed by atoms with Crippen LogP contribution in [0.3, 0.4) is 0 Å². The van der Waals surface area contributed by atoms with Crippen molar-refractivity contribution >= 4 is 58.2 Å². The highest BCUT2D eigenvalue weighted by Crippen LogP contribution is 2.21. The number of likely N-dealkylation sites (tertiary alicyclic amines) is 1. The molecule has 22 nitrogen and oxygen atoms in total. The zero-order valence-electron chi connectivity index (χ0n) is 35.0. The summed E-state index contributed by atoms with van der Waals surface area (Å²) in [6.45, 7) is 3.31. The molecule has 0 radical (unpaired) electrons. The molecule has 5 rings (SSSR count). The highest BCUT2D eigenvalue weighted by molar-refractivity contribution is 5.97. The van der Waals surface area contributed by atoms with Crippen molar-refractivity contribution in [2.45, 2.75) is 101 Å². The van der Waals surface area contributed by atoms with E-state index in [4.69, 9.17) is 11.5 Å². The van der Waals surface area contributed by atoms with Gasteiger partial charge in [-0.05, 0) is 43.2 Å². The fraction of sp³-hybridized carbons (Fsp3) is 0.463. The quantitative estimate of drug-likeness (QED) is 0.0402. The Morgan fingerprint density at radius 1 is 0.810 bits per heavy atom. The van der Waals surface area contributed by atoms with Crippen molar-refractivity contribution in [2.24, 2.45) is 17.4 Å². The third-order valence-electron chi connectivity index (χ3n) is 10.6. The molecule has 13 N–H and O–H groups in total. The SMILES string of the molecule is CC(C)CC(NC(=O)C1CCCN1C(=O)CNC(=O)C(Cc1cnc[nH]1)NC(=O)C(Cc1c[nH]c2ccccc12)NC(=O)C(N)CCC(N)=O)C(=O)NC(Cc1cnc[nH]1)C(=O)O. The normalized spacial score (nSPS) is 16.1. The predicted octanol–water partition coefficient (Wildman–Crippen LogP) is -1.59. The number of amides is 7. The lowest BCUT2D eigenvalue weighted by Gasteiger charge is -2.28. The molecule has 1 aliphatic rings. The molecule has 22 heteroatoms. The highest BCUT2D eigenvalue weighted by atomic mass is 16.4. The second kappa shape index (κ2) is 22.1. The maximum atomic E-state index is 14.1. The fourth-order valence-corrected chi connectivity index (χ4v) is 7.32. The molecule has 1 aliphatic heterocycles. The molecule has 4 heterocycles. The smallest absolute Gasteiger partial charge is 0.326 e. The van der Waals surface area contributed by atoms with Gasteiger partial charge in [-0.1, -0.05) is 32.0 Å². The molecule has 0 spiro atoms. The Morgan fingerprint density at radius 2 is 1.43 bits per heavy atom. The largest absolute Gasteiger partial charge is 0.480 e. The number of nitrogens with one attached hydrogen (secondary N) is 8. The van der Waals surface area contributed by atoms with E-state index in [0.717, 1.165) is 10.9 Å². The number of rotatable bonds is 23. The first kappa shape index (κ1) is 47.0. The van der Waals surface area contributed by atoms with E-state index in [1.807, 2.05) is 38.1 Å². The Labute approximate surface area is 361 Å². The fourth-order valence-electron chi connectivity index (χ4n) is 7.32. The Bertz CT molecular complexity index is 2220. The minimum absolute atomic E-state index is 0.00949. The summed E-state index contributed by atoms with van der Waals surface area (Å²) in [4.78, 5) is 123. The van der Waals surface area contributed by atoms with Crippen LogP contribution in [0.2, 0.25) is 0 Å². The van der Waals surface area contributed by atoms with Crippen LogP contribution in [0.25, 0.3) is 10.9 Å². The number of nitrogens with two attached hydrogens (primary N) is 2. The number of primary amides is 1. The van der Waals surface area contributed by atoms with Crippen molar-refractivity contribution in [2.75, 3.05) is 13.1 Å². The van der Waals surface area contributed by atoms with Crippen LogP contribution in [0.15, 0.2) is 55.5 Å². The molecule has 0 saturated carbocycles. The number of H-pyrrole nitrogens is 3. The molecule has 4 aromatic rings. The Balaban J connectivity index is 1.25. The summed E-state index contributed by atoms with van der Waals surface area (Å²) in [7, 11) is 0. The van der Waals surface area contributed by atoms with Gasteiger partial charge in [0.25, 0.3) is 0 Å². The average Bonchev–Trinajstić information content (AvgIpc) is 4.10. The van der Waals surface area contributed by atoms with Crippen molar-refractivity contribution < 1.29 is 43.5 Å². The summed E-state index contributed by atoms with van der Waals surface area (Å²) in [6, 6.07) is 0.263. The number of carbonyl (C=O) groups excluding carboxylic acids is 7. The molecule has 0 aliphatic carbocycles. The van der Waals surface area contributed by atoms with Gasteiger partial charge in [0, 0.05) is 73.1 Å². The summed E-state index contributed by atoms with van der Waals surface area (Å²) in [5, 5.41) is 23.7. The molecule has 1 aromatic carbocycles. The first-order chi connectivity index (χ1) is 30.1. The second-order valence-electron chi connectivity index (χ2n) is 15.9. The average molecular weight is 874 g/mol. The maximum absolute atomic E-state index is 14.1. The monoisotopic (exact) mass is 873 g/mol. The Kier molecular flexibility index (Phi) is 16.5. The summed E-state index contributed by atoms with van der Waals surface area (Å²) in [5.41, 5.74) is 13.7. The van der Waals surface area contributed by atoms with Gasteiger partial charge in [0.05, 0.1) is 25.2 Å². The lowest BCUT2D eigenvalue weighted by atomic mass is 10.0. The van der Waals surface area contributed by atoms with E-state index >= 15 is 0 Å². The van der Waals surface area contributed by atoms with E-state index in [0.29, 0.717) is 23.4 Å². The van der Waals surface area contributed by atoms with Crippen LogP contribution in [0.4, 0.5) is 0 Å². The van der Waals surface area contributed by atoms with E-state index in [1.54, 1.807) is 6.20 Å². The summed E-state index contributed by atoms with van der Waals surface area (Å²) >= 11 is 0. The topological polar surface area (TPSA) is 345 Å². The van der Waals surface area contributed by atoms with Gasteiger partial charge in [-0.2, -0.15) is 0 Å². The van der Waals surface area contributed by atoms with E-state index in [9.17, 15) is 43.5 Å². The second-order valence-corrected chi connectivity index (χ2v) is 15.9. The van der Waals surface area contributed by atoms with Crippen LogP contribution in [-0.4, -0.2) is 132 Å². The van der Waals surface area contributed by atoms with Crippen LogP contribution < -0.4 is 38.1 Å². The number of para-hydroxylation sites is 1. The molecule has 3 aromatic heterocycles. The number of hydrogen-bond donors (Lipinski definition) is 11. The lowest BCUT2D eigenvalue weighted by molar-refractivity contribution is -0.143. The van der Waals surface area contributed by atoms with Gasteiger partial charge in [-0.15, -0.1) is 0 Å². The van der Waals surface area contributed by atoms with Crippen LogP contribution >= 0.6 is 0 Å². The van der Waals surface area contributed by atoms with Gasteiger partial charge < -0.3 is 63.0 Å². The minimum Gasteiger partial charge on any atom is -0.480 e. The molecular weight excluding hydrogens is 819 g/mol. The van der Waals surface area contributed by atoms with Gasteiger partial charge in [-0.3, -0.25) is 33.6 Å². The van der Waals surface area contributed by atoms with Crippen LogP contribution in [0.5, 0.6) is 0 Å². The van der Waals surface area contributed by atoms with Gasteiger partial charge in [0.2, 0.25) is 41.4 Å². The van der Waals surface area contributed by atoms with E-state index in [-0.39, 0.29) is 57.4 Å². The number of imidazole rings is 2. The summed E-state index contributed by atoms with van der Waals surface area (Å²) in [6.07, 6.45) is 7.92. The first-order valence-corrected chi connectivity index (χ1v) is 20.6.